The molecule has 0 aliphatic rings. The first kappa shape index (κ1) is 56.3. The van der Waals surface area contributed by atoms with E-state index >= 15 is 0 Å². The Morgan fingerprint density at radius 3 is 0.431 bits per heavy atom. The van der Waals surface area contributed by atoms with Gasteiger partial charge >= 0.3 is 0 Å². The Labute approximate surface area is 569 Å². The van der Waals surface area contributed by atoms with Crippen LogP contribution in [-0.2, 0) is 0 Å². The molecule has 21 rings (SSSR count). The van der Waals surface area contributed by atoms with Crippen molar-refractivity contribution in [2.45, 2.75) is 0 Å². The van der Waals surface area contributed by atoms with E-state index in [1.807, 2.05) is 170 Å². The lowest BCUT2D eigenvalue weighted by atomic mass is 9.83. The van der Waals surface area contributed by atoms with Crippen molar-refractivity contribution in [1.29, 1.82) is 0 Å². The SMILES string of the molecule is c1cnc2oc(-c3cc(-c4nc5cccnc5o4)cc(-c4cc(-c5cc(-c6nc7cccnc7o6)cc(-c6nc7cccnc7o6)c5)c(-c5cc(-c6nc7cccnc7o6)cc(-c6nc7cccnc7o6)c5)cc4-c4cc(-c5nc6cccnc6o5)cc(-c5nc6cccnc6o5)c4)c3)nc2c1. The average molecular weight is 1330 g/mol. The molecule has 21 aromatic rings. The Morgan fingerprint density at radius 1 is 0.157 bits per heavy atom. The number of hydrogen-bond acceptors (Lipinski definition) is 24. The number of rotatable bonds is 12. The van der Waals surface area contributed by atoms with Crippen LogP contribution in [0, 0.1) is 0 Å². The molecule has 0 aliphatic carbocycles. The van der Waals surface area contributed by atoms with Gasteiger partial charge in [-0.3, -0.25) is 0 Å². The summed E-state index contributed by atoms with van der Waals surface area (Å²) in [5, 5.41) is 0. The Morgan fingerprint density at radius 2 is 0.294 bits per heavy atom. The maximum atomic E-state index is 6.54. The molecule has 0 amide bonds. The van der Waals surface area contributed by atoms with Crippen molar-refractivity contribution >= 4 is 89.8 Å². The van der Waals surface area contributed by atoms with Crippen molar-refractivity contribution in [1.82, 2.24) is 79.7 Å². The van der Waals surface area contributed by atoms with Gasteiger partial charge in [0.25, 0.3) is 0 Å². The van der Waals surface area contributed by atoms with E-state index in [1.54, 1.807) is 49.6 Å². The second-order valence-electron chi connectivity index (χ2n) is 23.9. The van der Waals surface area contributed by atoms with Crippen molar-refractivity contribution in [3.05, 3.63) is 232 Å². The average Bonchev–Trinajstić information content (AvgIpc) is 1.31. The highest BCUT2D eigenvalue weighted by Gasteiger charge is 2.27. The maximum absolute atomic E-state index is 6.54. The van der Waals surface area contributed by atoms with E-state index in [1.165, 1.54) is 0 Å². The first-order valence-electron chi connectivity index (χ1n) is 31.9. The van der Waals surface area contributed by atoms with Crippen LogP contribution in [-0.4, -0.2) is 79.7 Å². The molecule has 0 unspecified atom stereocenters. The molecule has 0 aliphatic heterocycles. The molecular weight excluding hydrogens is 1290 g/mol. The topological polar surface area (TPSA) is 311 Å². The first-order chi connectivity index (χ1) is 50.4. The minimum absolute atomic E-state index is 0.281. The zero-order chi connectivity index (χ0) is 66.9. The third-order valence-electron chi connectivity index (χ3n) is 17.4. The smallest absolute Gasteiger partial charge is 0.247 e. The fraction of sp³-hybridized carbons (Fsp3) is 0. The molecule has 16 heterocycles. The van der Waals surface area contributed by atoms with Gasteiger partial charge in [-0.25, -0.2) is 79.7 Å². The monoisotopic (exact) mass is 1330 g/mol. The van der Waals surface area contributed by atoms with Crippen molar-refractivity contribution in [3.8, 4) is 136 Å². The minimum Gasteiger partial charge on any atom is -0.418 e. The molecule has 24 nitrogen and oxygen atoms in total. The summed E-state index contributed by atoms with van der Waals surface area (Å²) >= 11 is 0. The van der Waals surface area contributed by atoms with Gasteiger partial charge in [0.15, 0.2) is 0 Å². The van der Waals surface area contributed by atoms with Crippen LogP contribution in [0.25, 0.3) is 226 Å². The van der Waals surface area contributed by atoms with Crippen LogP contribution >= 0.6 is 0 Å². The lowest BCUT2D eigenvalue weighted by Crippen LogP contribution is -1.96. The molecule has 24 heteroatoms. The number of nitrogens with zero attached hydrogens (tertiary/aromatic N) is 16. The number of fused-ring (bicyclic) bond motifs is 8. The van der Waals surface area contributed by atoms with Gasteiger partial charge in [-0.1, -0.05) is 0 Å². The quantitative estimate of drug-likeness (QED) is 0.110. The van der Waals surface area contributed by atoms with Crippen LogP contribution in [0.3, 0.4) is 0 Å². The summed E-state index contributed by atoms with van der Waals surface area (Å²) in [5.74, 6) is 2.25. The van der Waals surface area contributed by atoms with E-state index in [2.05, 4.69) is 52.0 Å². The molecule has 16 aromatic heterocycles. The third kappa shape index (κ3) is 9.69. The molecule has 0 fully saturated rings. The van der Waals surface area contributed by atoms with Gasteiger partial charge in [0, 0.05) is 94.1 Å². The lowest BCUT2D eigenvalue weighted by molar-refractivity contribution is 0.604. The summed E-state index contributed by atoms with van der Waals surface area (Å²) in [6.45, 7) is 0. The van der Waals surface area contributed by atoms with E-state index in [-0.39, 0.29) is 47.1 Å². The normalized spacial score (nSPS) is 11.9. The Kier molecular flexibility index (Phi) is 12.3. The number of aromatic nitrogens is 16. The molecule has 5 aromatic carbocycles. The van der Waals surface area contributed by atoms with E-state index in [0.717, 1.165) is 0 Å². The molecule has 0 radical (unpaired) electrons. The predicted octanol–water partition coefficient (Wildman–Crippen LogP) is 18.0. The van der Waals surface area contributed by atoms with Gasteiger partial charge < -0.3 is 35.3 Å². The molecule has 0 N–H and O–H groups in total. The van der Waals surface area contributed by atoms with E-state index in [9.17, 15) is 0 Å². The number of pyridine rings is 8. The van der Waals surface area contributed by atoms with Gasteiger partial charge in [0.05, 0.1) is 0 Å². The molecule has 478 valence electrons. The van der Waals surface area contributed by atoms with Gasteiger partial charge in [0.2, 0.25) is 92.8 Å². The highest BCUT2D eigenvalue weighted by atomic mass is 16.4. The number of benzene rings is 5. The zero-order valence-electron chi connectivity index (χ0n) is 52.4. The Balaban J connectivity index is 0.908. The first-order valence-corrected chi connectivity index (χ1v) is 31.9. The van der Waals surface area contributed by atoms with Crippen molar-refractivity contribution < 1.29 is 35.3 Å². The second-order valence-corrected chi connectivity index (χ2v) is 23.9. The summed E-state index contributed by atoms with van der Waals surface area (Å²) in [6, 6.07) is 57.3. The Hall–Kier alpha value is -14.9. The van der Waals surface area contributed by atoms with E-state index < -0.39 is 0 Å². The highest BCUT2D eigenvalue weighted by Crippen LogP contribution is 2.49. The lowest BCUT2D eigenvalue weighted by Gasteiger charge is -2.21. The molecule has 102 heavy (non-hydrogen) atoms. The second kappa shape index (κ2) is 22.3. The third-order valence-corrected chi connectivity index (χ3v) is 17.4. The fourth-order valence-electron chi connectivity index (χ4n) is 12.8. The van der Waals surface area contributed by atoms with Crippen LogP contribution in [0.5, 0.6) is 0 Å². The molecule has 0 spiro atoms. The minimum atomic E-state index is 0.281. The van der Waals surface area contributed by atoms with E-state index in [0.29, 0.717) is 179 Å². The summed E-state index contributed by atoms with van der Waals surface area (Å²) in [4.78, 5) is 76.5. The molecular formula is C78H38N16O8. The van der Waals surface area contributed by atoms with Crippen molar-refractivity contribution in [2.24, 2.45) is 0 Å². The highest BCUT2D eigenvalue weighted by molar-refractivity contribution is 6.00. The van der Waals surface area contributed by atoms with Crippen LogP contribution in [0.2, 0.25) is 0 Å². The fourth-order valence-corrected chi connectivity index (χ4v) is 12.8. The number of hydrogen-bond donors (Lipinski definition) is 0. The molecule has 0 atom stereocenters. The molecule has 0 bridgehead atoms. The predicted molar refractivity (Wildman–Crippen MR) is 375 cm³/mol. The summed E-state index contributed by atoms with van der Waals surface area (Å²) in [5.41, 5.74) is 17.0. The number of oxazole rings is 8. The van der Waals surface area contributed by atoms with E-state index in [4.69, 9.17) is 75.2 Å². The van der Waals surface area contributed by atoms with Crippen molar-refractivity contribution in [3.63, 3.8) is 0 Å². The van der Waals surface area contributed by atoms with Crippen LogP contribution in [0.1, 0.15) is 0 Å². The zero-order valence-corrected chi connectivity index (χ0v) is 52.4. The van der Waals surface area contributed by atoms with Crippen LogP contribution in [0.4, 0.5) is 0 Å². The van der Waals surface area contributed by atoms with Gasteiger partial charge in [-0.2, -0.15) is 0 Å². The molecule has 0 saturated heterocycles. The summed E-state index contributed by atoms with van der Waals surface area (Å²) in [6.07, 6.45) is 13.3. The van der Waals surface area contributed by atoms with Gasteiger partial charge in [-0.15, -0.1) is 0 Å². The summed E-state index contributed by atoms with van der Waals surface area (Å²) in [7, 11) is 0. The van der Waals surface area contributed by atoms with Gasteiger partial charge in [-0.05, 0) is 226 Å². The van der Waals surface area contributed by atoms with Crippen molar-refractivity contribution in [2.75, 3.05) is 0 Å². The summed E-state index contributed by atoms with van der Waals surface area (Å²) < 4.78 is 52.4. The van der Waals surface area contributed by atoms with Crippen LogP contribution in [0.15, 0.2) is 267 Å². The largest absolute Gasteiger partial charge is 0.418 e. The maximum Gasteiger partial charge on any atom is 0.247 e. The Bertz CT molecular complexity index is 5520. The van der Waals surface area contributed by atoms with Gasteiger partial charge in [0.1, 0.15) is 44.1 Å². The standard InChI is InChI=1S/C78H38N16O8/c1-9-55-71(79-17-1)95-63(87-55)43-25-39(26-44(33-43)64-88-56-10-2-18-80-72(56)96-64)51-37-53(41-29-47(67-91-59-13-5-21-83-75(59)99-67)35-48(30-41)68-92-60-14-6-22-84-76(60)100-68)54(42-31-49(69-93-61-15-7-23-85-77(61)101-69)36-50(32-42)70-94-62-16-8-24-86-78(62)102-70)38-52(51)40-27-45(65-89-57-11-3-19-81-73(57)97-65)34-46(28-40)66-90-58-12-4-20-82-74(58)98-66/h1-38H. The molecule has 0 saturated carbocycles. The van der Waals surface area contributed by atoms with Crippen LogP contribution < -0.4 is 0 Å².